The summed E-state index contributed by atoms with van der Waals surface area (Å²) < 4.78 is 0. The average molecular weight is 458 g/mol. The zero-order valence-electron chi connectivity index (χ0n) is 17.7. The van der Waals surface area contributed by atoms with Gasteiger partial charge in [-0.3, -0.25) is 24.6 Å². The lowest BCUT2D eigenvalue weighted by atomic mass is 10.0. The van der Waals surface area contributed by atoms with Crippen LogP contribution in [-0.2, 0) is 14.4 Å². The summed E-state index contributed by atoms with van der Waals surface area (Å²) in [6, 6.07) is 11.8. The molecule has 2 aromatic carbocycles. The van der Waals surface area contributed by atoms with E-state index in [4.69, 9.17) is 17.4 Å². The van der Waals surface area contributed by atoms with E-state index in [9.17, 15) is 19.2 Å². The smallest absolute Gasteiger partial charge is 0.326 e. The van der Waals surface area contributed by atoms with Gasteiger partial charge in [0.1, 0.15) is 0 Å². The fourth-order valence-corrected chi connectivity index (χ4v) is 2.78. The number of rotatable bonds is 8. The van der Waals surface area contributed by atoms with Gasteiger partial charge in [-0.05, 0) is 67.8 Å². The van der Waals surface area contributed by atoms with Gasteiger partial charge in [0.25, 0.3) is 0 Å². The van der Waals surface area contributed by atoms with Gasteiger partial charge in [-0.25, -0.2) is 11.3 Å². The Morgan fingerprint density at radius 1 is 0.938 bits per heavy atom. The molecule has 0 radical (unpaired) electrons. The first-order chi connectivity index (χ1) is 15.2. The Morgan fingerprint density at radius 2 is 1.62 bits per heavy atom. The molecule has 0 unspecified atom stereocenters. The largest absolute Gasteiger partial charge is 0.330 e. The molecular weight excluding hydrogens is 434 g/mol. The zero-order valence-corrected chi connectivity index (χ0v) is 18.5. The third-order valence-electron chi connectivity index (χ3n) is 4.62. The molecule has 168 valence electrons. The molecule has 2 rings (SSSR count). The third-order valence-corrected chi connectivity index (χ3v) is 4.87. The number of aryl methyl sites for hydroxylation is 2. The normalized spacial score (nSPS) is 10.9. The van der Waals surface area contributed by atoms with Gasteiger partial charge in [-0.15, -0.1) is 0 Å². The number of halogens is 1. The predicted octanol–water partition coefficient (Wildman–Crippen LogP) is 2.41. The van der Waals surface area contributed by atoms with Gasteiger partial charge in [0.15, 0.2) is 5.78 Å². The van der Waals surface area contributed by atoms with Crippen molar-refractivity contribution in [3.05, 3.63) is 64.2 Å². The van der Waals surface area contributed by atoms with Crippen LogP contribution in [0, 0.1) is 13.8 Å². The highest BCUT2D eigenvalue weighted by Gasteiger charge is 2.15. The number of nitrogens with one attached hydrogen (secondary N) is 3. The monoisotopic (exact) mass is 457 g/mol. The number of hydrazone groups is 1. The van der Waals surface area contributed by atoms with Crippen molar-refractivity contribution in [1.29, 1.82) is 0 Å². The van der Waals surface area contributed by atoms with Crippen LogP contribution in [0.4, 0.5) is 5.69 Å². The van der Waals surface area contributed by atoms with E-state index < -0.39 is 11.8 Å². The molecule has 0 fully saturated rings. The molecule has 0 aromatic heterocycles. The molecule has 0 aliphatic rings. The minimum atomic E-state index is -1.09. The summed E-state index contributed by atoms with van der Waals surface area (Å²) in [5.74, 6) is 2.16. The second-order valence-corrected chi connectivity index (χ2v) is 7.48. The lowest BCUT2D eigenvalue weighted by Crippen LogP contribution is -2.41. The van der Waals surface area contributed by atoms with E-state index in [0.717, 1.165) is 11.1 Å². The van der Waals surface area contributed by atoms with Crippen molar-refractivity contribution in [3.63, 3.8) is 0 Å². The van der Waals surface area contributed by atoms with Crippen LogP contribution < -0.4 is 22.0 Å². The van der Waals surface area contributed by atoms with Gasteiger partial charge >= 0.3 is 11.8 Å². The number of hydrazine groups is 1. The quantitative estimate of drug-likeness (QED) is 0.120. The van der Waals surface area contributed by atoms with E-state index in [1.54, 1.807) is 35.8 Å². The summed E-state index contributed by atoms with van der Waals surface area (Å²) in [7, 11) is 0. The third kappa shape index (κ3) is 7.60. The van der Waals surface area contributed by atoms with Gasteiger partial charge in [0, 0.05) is 28.4 Å². The van der Waals surface area contributed by atoms with Crippen LogP contribution in [0.25, 0.3) is 0 Å². The number of ketones is 1. The van der Waals surface area contributed by atoms with Crippen molar-refractivity contribution in [1.82, 2.24) is 10.9 Å². The first-order valence-corrected chi connectivity index (χ1v) is 10.1. The van der Waals surface area contributed by atoms with Crippen LogP contribution in [0.3, 0.4) is 0 Å². The number of Topliss-reactive ketones (excluding diaryl/α,β-unsaturated/α-hetero) is 1. The van der Waals surface area contributed by atoms with E-state index in [2.05, 4.69) is 10.4 Å². The molecule has 0 aliphatic heterocycles. The highest BCUT2D eigenvalue weighted by atomic mass is 35.5. The summed E-state index contributed by atoms with van der Waals surface area (Å²) in [5, 5.41) is 7.13. The Morgan fingerprint density at radius 3 is 2.25 bits per heavy atom. The molecule has 0 heterocycles. The number of anilines is 1. The summed E-state index contributed by atoms with van der Waals surface area (Å²) in [5.41, 5.74) is 7.14. The molecule has 0 saturated carbocycles. The Balaban J connectivity index is 2.07. The van der Waals surface area contributed by atoms with E-state index in [0.29, 0.717) is 16.3 Å². The fourth-order valence-electron chi connectivity index (χ4n) is 2.65. The second kappa shape index (κ2) is 11.7. The van der Waals surface area contributed by atoms with Crippen LogP contribution in [0.15, 0.2) is 47.6 Å². The summed E-state index contributed by atoms with van der Waals surface area (Å²) in [4.78, 5) is 47.8. The van der Waals surface area contributed by atoms with Crippen molar-refractivity contribution in [2.75, 3.05) is 5.32 Å². The maximum Gasteiger partial charge on any atom is 0.330 e. The van der Waals surface area contributed by atoms with Crippen molar-refractivity contribution < 1.29 is 19.2 Å². The van der Waals surface area contributed by atoms with Crippen LogP contribution in [0.2, 0.25) is 5.02 Å². The number of benzene rings is 2. The van der Waals surface area contributed by atoms with Crippen LogP contribution in [-0.4, -0.2) is 29.2 Å². The molecule has 10 heteroatoms. The Labute approximate surface area is 190 Å². The van der Waals surface area contributed by atoms with Crippen molar-refractivity contribution in [2.24, 2.45) is 10.9 Å². The van der Waals surface area contributed by atoms with Crippen molar-refractivity contribution in [3.8, 4) is 0 Å². The first kappa shape index (κ1) is 24.7. The van der Waals surface area contributed by atoms with Crippen molar-refractivity contribution in [2.45, 2.75) is 33.1 Å². The standard InChI is InChI=1S/C22H24ClN5O4/c1-13-3-8-17(11-14(13)2)25-20(30)10-9-18(27-28-22(32)21(31)26-24)12-19(29)15-4-6-16(23)7-5-15/h3-8,11H,9-10,12,24H2,1-2H3,(H,25,30)(H,26,31)(H,28,32)/b27-18+. The molecule has 0 saturated heterocycles. The molecule has 9 nitrogen and oxygen atoms in total. The highest BCUT2D eigenvalue weighted by molar-refractivity contribution is 6.35. The van der Waals surface area contributed by atoms with Gasteiger partial charge in [0.05, 0.1) is 6.42 Å². The number of hydrogen-bond acceptors (Lipinski definition) is 6. The number of amides is 3. The van der Waals surface area contributed by atoms with Crippen LogP contribution in [0.5, 0.6) is 0 Å². The topological polar surface area (TPSA) is 143 Å². The number of nitrogens with zero attached hydrogens (tertiary/aromatic N) is 1. The number of carbonyl (C=O) groups is 4. The van der Waals surface area contributed by atoms with Gasteiger partial charge in [0.2, 0.25) is 5.91 Å². The van der Waals surface area contributed by atoms with Crippen LogP contribution >= 0.6 is 11.6 Å². The lowest BCUT2D eigenvalue weighted by Gasteiger charge is -2.09. The molecule has 32 heavy (non-hydrogen) atoms. The van der Waals surface area contributed by atoms with E-state index in [-0.39, 0.29) is 36.7 Å². The minimum absolute atomic E-state index is 0.0125. The summed E-state index contributed by atoms with van der Waals surface area (Å²) in [6.07, 6.45) is -0.0672. The van der Waals surface area contributed by atoms with Gasteiger partial charge < -0.3 is 5.32 Å². The second-order valence-electron chi connectivity index (χ2n) is 7.05. The average Bonchev–Trinajstić information content (AvgIpc) is 2.77. The molecule has 0 atom stereocenters. The molecule has 0 bridgehead atoms. The van der Waals surface area contributed by atoms with Gasteiger partial charge in [-0.1, -0.05) is 17.7 Å². The molecule has 0 aliphatic carbocycles. The highest BCUT2D eigenvalue weighted by Crippen LogP contribution is 2.15. The van der Waals surface area contributed by atoms with E-state index in [1.165, 1.54) is 0 Å². The van der Waals surface area contributed by atoms with Gasteiger partial charge in [-0.2, -0.15) is 5.10 Å². The molecule has 0 spiro atoms. The predicted molar refractivity (Wildman–Crippen MR) is 122 cm³/mol. The van der Waals surface area contributed by atoms with Crippen molar-refractivity contribution >= 4 is 46.5 Å². The Bertz CT molecular complexity index is 1050. The number of nitrogens with two attached hydrogens (primary N) is 1. The first-order valence-electron chi connectivity index (χ1n) is 9.71. The lowest BCUT2D eigenvalue weighted by molar-refractivity contribution is -0.139. The zero-order chi connectivity index (χ0) is 23.7. The summed E-state index contributed by atoms with van der Waals surface area (Å²) in [6.45, 7) is 3.92. The Hall–Kier alpha value is -3.56. The fraction of sp³-hybridized carbons (Fsp3) is 0.227. The maximum atomic E-state index is 12.6. The van der Waals surface area contributed by atoms with E-state index in [1.807, 2.05) is 31.4 Å². The molecule has 2 aromatic rings. The minimum Gasteiger partial charge on any atom is -0.326 e. The number of carbonyl (C=O) groups excluding carboxylic acids is 4. The molecule has 3 amide bonds. The number of hydrogen-bond donors (Lipinski definition) is 4. The summed E-state index contributed by atoms with van der Waals surface area (Å²) >= 11 is 5.84. The van der Waals surface area contributed by atoms with Crippen LogP contribution in [0.1, 0.15) is 40.7 Å². The molecule has 5 N–H and O–H groups in total. The maximum absolute atomic E-state index is 12.6. The molecular formula is C22H24ClN5O4. The van der Waals surface area contributed by atoms with E-state index >= 15 is 0 Å². The Kier molecular flexibility index (Phi) is 9.06. The SMILES string of the molecule is Cc1ccc(NC(=O)CC/C(CC(=O)c2ccc(Cl)cc2)=N\NC(=O)C(=O)NN)cc1C.